The molecule has 0 spiro atoms. The molecule has 0 radical (unpaired) electrons. The van der Waals surface area contributed by atoms with Crippen LogP contribution in [0.4, 0.5) is 0 Å². The van der Waals surface area contributed by atoms with E-state index in [9.17, 15) is 4.79 Å². The summed E-state index contributed by atoms with van der Waals surface area (Å²) in [5.41, 5.74) is 0.716. The van der Waals surface area contributed by atoms with Crippen LogP contribution >= 0.6 is 11.8 Å². The van der Waals surface area contributed by atoms with Gasteiger partial charge in [-0.25, -0.2) is 0 Å². The third-order valence-electron chi connectivity index (χ3n) is 4.67. The molecule has 0 saturated carbocycles. The molecule has 4 nitrogen and oxygen atoms in total. The van der Waals surface area contributed by atoms with Gasteiger partial charge in [-0.3, -0.25) is 4.79 Å². The minimum absolute atomic E-state index is 0.0229. The highest BCUT2D eigenvalue weighted by Crippen LogP contribution is 2.30. The number of amides is 1. The molecule has 2 aromatic rings. The van der Waals surface area contributed by atoms with Crippen molar-refractivity contribution < 1.29 is 9.21 Å². The molecule has 4 rings (SSSR count). The first-order valence-corrected chi connectivity index (χ1v) is 8.90. The van der Waals surface area contributed by atoms with Crippen LogP contribution in [0.15, 0.2) is 50.8 Å². The molecule has 3 heterocycles. The molecule has 2 aliphatic rings. The Morgan fingerprint density at radius 3 is 2.65 bits per heavy atom. The third-order valence-corrected chi connectivity index (χ3v) is 5.60. The van der Waals surface area contributed by atoms with Gasteiger partial charge in [0.25, 0.3) is 5.91 Å². The largest absolute Gasteiger partial charge is 0.455 e. The number of aryl methyl sites for hydroxylation is 1. The van der Waals surface area contributed by atoms with Crippen LogP contribution in [0.2, 0.25) is 0 Å². The summed E-state index contributed by atoms with van der Waals surface area (Å²) in [6, 6.07) is 13.0. The Labute approximate surface area is 140 Å². The van der Waals surface area contributed by atoms with E-state index in [-0.39, 0.29) is 11.9 Å². The van der Waals surface area contributed by atoms with Gasteiger partial charge in [0.2, 0.25) is 0 Å². The average molecular weight is 328 g/mol. The van der Waals surface area contributed by atoms with Gasteiger partial charge in [-0.05, 0) is 62.6 Å². The lowest BCUT2D eigenvalue weighted by molar-refractivity contribution is 0.0931. The van der Waals surface area contributed by atoms with Crippen molar-refractivity contribution in [2.24, 2.45) is 0 Å². The molecular formula is C18H20N2O2S. The fourth-order valence-corrected chi connectivity index (χ4v) is 4.31. The summed E-state index contributed by atoms with van der Waals surface area (Å²) in [7, 11) is 0. The topological polar surface area (TPSA) is 54.3 Å². The van der Waals surface area contributed by atoms with E-state index in [1.54, 1.807) is 11.8 Å². The van der Waals surface area contributed by atoms with Crippen molar-refractivity contribution in [2.45, 2.75) is 54.3 Å². The highest BCUT2D eigenvalue weighted by Gasteiger charge is 2.39. The zero-order valence-corrected chi connectivity index (χ0v) is 13.9. The molecule has 23 heavy (non-hydrogen) atoms. The molecule has 3 atom stereocenters. The van der Waals surface area contributed by atoms with Crippen molar-refractivity contribution in [1.82, 2.24) is 10.6 Å². The van der Waals surface area contributed by atoms with Gasteiger partial charge in [0.15, 0.2) is 5.09 Å². The van der Waals surface area contributed by atoms with Crippen molar-refractivity contribution in [3.8, 4) is 0 Å². The monoisotopic (exact) mass is 328 g/mol. The normalized spacial score (nSPS) is 25.7. The Hall–Kier alpha value is -1.72. The summed E-state index contributed by atoms with van der Waals surface area (Å²) in [5, 5.41) is 7.59. The van der Waals surface area contributed by atoms with Gasteiger partial charge in [0, 0.05) is 28.6 Å². The van der Waals surface area contributed by atoms with Crippen LogP contribution in [0.3, 0.4) is 0 Å². The molecule has 5 heteroatoms. The Morgan fingerprint density at radius 2 is 2.04 bits per heavy atom. The highest BCUT2D eigenvalue weighted by atomic mass is 32.2. The number of hydrogen-bond donors (Lipinski definition) is 2. The van der Waals surface area contributed by atoms with Gasteiger partial charge in [-0.15, -0.1) is 0 Å². The summed E-state index contributed by atoms with van der Waals surface area (Å²) in [6.07, 6.45) is 3.48. The van der Waals surface area contributed by atoms with Gasteiger partial charge in [-0.2, -0.15) is 0 Å². The molecule has 2 aliphatic heterocycles. The van der Waals surface area contributed by atoms with Gasteiger partial charge in [0.05, 0.1) is 0 Å². The summed E-state index contributed by atoms with van der Waals surface area (Å²) >= 11 is 1.56. The number of benzene rings is 1. The van der Waals surface area contributed by atoms with Crippen LogP contribution in [0.1, 0.15) is 35.4 Å². The van der Waals surface area contributed by atoms with Gasteiger partial charge in [0.1, 0.15) is 5.76 Å². The van der Waals surface area contributed by atoms with Crippen LogP contribution in [-0.2, 0) is 0 Å². The van der Waals surface area contributed by atoms with E-state index in [1.807, 2.05) is 43.3 Å². The second-order valence-corrected chi connectivity index (χ2v) is 7.43. The first-order chi connectivity index (χ1) is 11.2. The molecule has 1 aromatic carbocycles. The lowest BCUT2D eigenvalue weighted by Gasteiger charge is -2.21. The van der Waals surface area contributed by atoms with E-state index in [2.05, 4.69) is 10.6 Å². The standard InChI is InChI=1S/C18H20N2O2S/c1-11-2-9-17(22-11)23-14-6-3-12(4-7-14)18(21)20-16-10-13-5-8-15(16)19-13/h2-4,6-7,9,13,15-16,19H,5,8,10H2,1H3,(H,20,21)/t13-,15+,16-/m1/s1. The first kappa shape index (κ1) is 14.8. The number of carbonyl (C=O) groups excluding carboxylic acids is 1. The highest BCUT2D eigenvalue weighted by molar-refractivity contribution is 7.99. The molecule has 0 aliphatic carbocycles. The lowest BCUT2D eigenvalue weighted by atomic mass is 9.95. The van der Waals surface area contributed by atoms with Crippen LogP contribution in [0.25, 0.3) is 0 Å². The maximum Gasteiger partial charge on any atom is 0.251 e. The van der Waals surface area contributed by atoms with Gasteiger partial charge in [-0.1, -0.05) is 11.8 Å². The molecule has 2 saturated heterocycles. The lowest BCUT2D eigenvalue weighted by Crippen LogP contribution is -2.42. The fraction of sp³-hybridized carbons (Fsp3) is 0.389. The molecule has 0 unspecified atom stereocenters. The minimum Gasteiger partial charge on any atom is -0.455 e. The third kappa shape index (κ3) is 3.16. The number of fused-ring (bicyclic) bond motifs is 2. The Bertz CT molecular complexity index is 710. The Morgan fingerprint density at radius 1 is 1.22 bits per heavy atom. The Kier molecular flexibility index (Phi) is 3.91. The van der Waals surface area contributed by atoms with E-state index >= 15 is 0 Å². The molecule has 1 amide bonds. The zero-order chi connectivity index (χ0) is 15.8. The maximum absolute atomic E-state index is 12.4. The summed E-state index contributed by atoms with van der Waals surface area (Å²) in [5.74, 6) is 0.928. The van der Waals surface area contributed by atoms with E-state index < -0.39 is 0 Å². The first-order valence-electron chi connectivity index (χ1n) is 8.09. The quantitative estimate of drug-likeness (QED) is 0.903. The summed E-state index contributed by atoms with van der Waals surface area (Å²) < 4.78 is 5.56. The van der Waals surface area contributed by atoms with Crippen molar-refractivity contribution in [2.75, 3.05) is 0 Å². The zero-order valence-electron chi connectivity index (χ0n) is 13.0. The second-order valence-electron chi connectivity index (χ2n) is 6.35. The van der Waals surface area contributed by atoms with Crippen molar-refractivity contribution >= 4 is 17.7 Å². The fourth-order valence-electron chi connectivity index (χ4n) is 3.49. The van der Waals surface area contributed by atoms with E-state index in [0.29, 0.717) is 17.6 Å². The molecule has 120 valence electrons. The van der Waals surface area contributed by atoms with Crippen molar-refractivity contribution in [3.63, 3.8) is 0 Å². The molecule has 2 N–H and O–H groups in total. The number of nitrogens with one attached hydrogen (secondary N) is 2. The number of carbonyl (C=O) groups is 1. The summed E-state index contributed by atoms with van der Waals surface area (Å²) in [4.78, 5) is 13.5. The van der Waals surface area contributed by atoms with Crippen molar-refractivity contribution in [3.05, 3.63) is 47.7 Å². The molecule has 2 fully saturated rings. The van der Waals surface area contributed by atoms with Crippen LogP contribution in [-0.4, -0.2) is 24.0 Å². The van der Waals surface area contributed by atoms with Crippen LogP contribution in [0.5, 0.6) is 0 Å². The second kappa shape index (κ2) is 6.06. The van der Waals surface area contributed by atoms with Crippen molar-refractivity contribution in [1.29, 1.82) is 0 Å². The predicted molar refractivity (Wildman–Crippen MR) is 89.8 cm³/mol. The summed E-state index contributed by atoms with van der Waals surface area (Å²) in [6.45, 7) is 1.93. The van der Waals surface area contributed by atoms with Crippen LogP contribution in [0, 0.1) is 6.92 Å². The average Bonchev–Trinajstić information content (AvgIpc) is 3.25. The maximum atomic E-state index is 12.4. The van der Waals surface area contributed by atoms with Gasteiger partial charge >= 0.3 is 0 Å². The smallest absolute Gasteiger partial charge is 0.251 e. The van der Waals surface area contributed by atoms with E-state index in [1.165, 1.54) is 12.8 Å². The van der Waals surface area contributed by atoms with E-state index in [4.69, 9.17) is 4.42 Å². The van der Waals surface area contributed by atoms with Crippen LogP contribution < -0.4 is 10.6 Å². The number of rotatable bonds is 4. The van der Waals surface area contributed by atoms with Gasteiger partial charge < -0.3 is 15.1 Å². The number of hydrogen-bond acceptors (Lipinski definition) is 4. The SMILES string of the molecule is Cc1ccc(Sc2ccc(C(=O)N[C@@H]3C[C@H]4CC[C@@H]3N4)cc2)o1. The molecular weight excluding hydrogens is 308 g/mol. The Balaban J connectivity index is 1.38. The molecule has 2 bridgehead atoms. The molecule has 1 aromatic heterocycles. The number of furan rings is 1. The minimum atomic E-state index is 0.0229. The predicted octanol–water partition coefficient (Wildman–Crippen LogP) is 3.36. The van der Waals surface area contributed by atoms with E-state index in [0.717, 1.165) is 22.2 Å².